The highest BCUT2D eigenvalue weighted by molar-refractivity contribution is 6.87. The van der Waals surface area contributed by atoms with E-state index in [9.17, 15) is 5.11 Å². The fourth-order valence-corrected chi connectivity index (χ4v) is 2.18. The number of allylic oxidation sites excluding steroid dienone is 1. The van der Waals surface area contributed by atoms with E-state index in [1.165, 1.54) is 0 Å². The molecule has 0 amide bonds. The van der Waals surface area contributed by atoms with Crippen LogP contribution >= 0.6 is 0 Å². The standard InChI is InChI=1S/C11H18O2Si/c1-8(9(2)12)10-6-11(13-7-10)14(3,4)5/h6-8,12H,2H2,1,3-5H3. The van der Waals surface area contributed by atoms with Crippen molar-refractivity contribution in [2.75, 3.05) is 0 Å². The Bertz CT molecular complexity index is 333. The zero-order valence-corrected chi connectivity index (χ0v) is 10.3. The fourth-order valence-electron chi connectivity index (χ4n) is 1.16. The van der Waals surface area contributed by atoms with E-state index in [4.69, 9.17) is 4.42 Å². The lowest BCUT2D eigenvalue weighted by atomic mass is 10.0. The summed E-state index contributed by atoms with van der Waals surface area (Å²) in [6, 6.07) is 2.04. The molecule has 0 saturated heterocycles. The third-order valence-electron chi connectivity index (χ3n) is 2.36. The van der Waals surface area contributed by atoms with E-state index >= 15 is 0 Å². The van der Waals surface area contributed by atoms with E-state index < -0.39 is 8.07 Å². The first-order valence-corrected chi connectivity index (χ1v) is 8.29. The summed E-state index contributed by atoms with van der Waals surface area (Å²) in [5, 5.41) is 10.3. The molecule has 1 rings (SSSR count). The van der Waals surface area contributed by atoms with Gasteiger partial charge in [0.15, 0.2) is 0 Å². The summed E-state index contributed by atoms with van der Waals surface area (Å²) in [7, 11) is -1.37. The summed E-state index contributed by atoms with van der Waals surface area (Å²) in [5.41, 5.74) is 1.01. The molecule has 3 heteroatoms. The van der Waals surface area contributed by atoms with Crippen LogP contribution in [0.15, 0.2) is 29.1 Å². The largest absolute Gasteiger partial charge is 0.512 e. The summed E-state index contributed by atoms with van der Waals surface area (Å²) in [4.78, 5) is 0. The van der Waals surface area contributed by atoms with Gasteiger partial charge in [-0.05, 0) is 6.07 Å². The lowest BCUT2D eigenvalue weighted by Crippen LogP contribution is -2.36. The minimum Gasteiger partial charge on any atom is -0.512 e. The molecule has 0 aromatic carbocycles. The molecule has 1 aromatic rings. The van der Waals surface area contributed by atoms with Crippen LogP contribution in [0.2, 0.25) is 19.6 Å². The Hall–Kier alpha value is -0.963. The Labute approximate surface area is 86.3 Å². The molecule has 0 aliphatic rings. The Morgan fingerprint density at radius 2 is 2.07 bits per heavy atom. The van der Waals surface area contributed by atoms with Crippen molar-refractivity contribution in [1.29, 1.82) is 0 Å². The highest BCUT2D eigenvalue weighted by Gasteiger charge is 2.22. The van der Waals surface area contributed by atoms with Crippen LogP contribution in [0.3, 0.4) is 0 Å². The molecule has 1 heterocycles. The monoisotopic (exact) mass is 210 g/mol. The molecule has 0 spiro atoms. The quantitative estimate of drug-likeness (QED) is 0.614. The Balaban J connectivity index is 2.94. The average Bonchev–Trinajstić information content (AvgIpc) is 2.49. The molecule has 0 aliphatic heterocycles. The number of furan rings is 1. The second-order valence-electron chi connectivity index (χ2n) is 4.71. The van der Waals surface area contributed by atoms with Crippen LogP contribution in [0.1, 0.15) is 18.4 Å². The van der Waals surface area contributed by atoms with Gasteiger partial charge in [0.2, 0.25) is 0 Å². The van der Waals surface area contributed by atoms with Gasteiger partial charge in [0.25, 0.3) is 0 Å². The van der Waals surface area contributed by atoms with Crippen molar-refractivity contribution in [3.05, 3.63) is 30.2 Å². The van der Waals surface area contributed by atoms with Crippen molar-refractivity contribution < 1.29 is 9.52 Å². The second-order valence-corrected chi connectivity index (χ2v) is 9.70. The summed E-state index contributed by atoms with van der Waals surface area (Å²) in [6.07, 6.45) is 1.72. The number of aliphatic hydroxyl groups is 1. The van der Waals surface area contributed by atoms with Crippen molar-refractivity contribution in [3.8, 4) is 0 Å². The summed E-state index contributed by atoms with van der Waals surface area (Å²) in [5.74, 6) is 0.150. The molecule has 14 heavy (non-hydrogen) atoms. The van der Waals surface area contributed by atoms with Gasteiger partial charge in [-0.15, -0.1) is 0 Å². The minimum absolute atomic E-state index is 0.0381. The topological polar surface area (TPSA) is 33.4 Å². The summed E-state index contributed by atoms with van der Waals surface area (Å²) < 4.78 is 5.51. The Morgan fingerprint density at radius 3 is 2.43 bits per heavy atom. The maximum atomic E-state index is 9.26. The van der Waals surface area contributed by atoms with E-state index in [-0.39, 0.29) is 11.7 Å². The molecule has 2 nitrogen and oxygen atoms in total. The van der Waals surface area contributed by atoms with Crippen molar-refractivity contribution >= 4 is 13.5 Å². The van der Waals surface area contributed by atoms with Gasteiger partial charge in [-0.2, -0.15) is 0 Å². The number of hydrogen-bond acceptors (Lipinski definition) is 2. The number of rotatable bonds is 3. The first-order valence-electron chi connectivity index (χ1n) is 4.79. The summed E-state index contributed by atoms with van der Waals surface area (Å²) in [6.45, 7) is 12.1. The SMILES string of the molecule is C=C(O)C(C)c1coc([Si](C)(C)C)c1. The van der Waals surface area contributed by atoms with Crippen molar-refractivity contribution in [1.82, 2.24) is 0 Å². The van der Waals surface area contributed by atoms with E-state index in [1.807, 2.05) is 13.0 Å². The van der Waals surface area contributed by atoms with E-state index in [0.717, 1.165) is 10.9 Å². The molecule has 0 bridgehead atoms. The maximum Gasteiger partial charge on any atom is 0.123 e. The molecule has 0 saturated carbocycles. The third kappa shape index (κ3) is 2.29. The van der Waals surface area contributed by atoms with E-state index in [1.54, 1.807) is 6.26 Å². The zero-order chi connectivity index (χ0) is 10.9. The molecule has 1 aromatic heterocycles. The Kier molecular flexibility index (Phi) is 2.90. The van der Waals surface area contributed by atoms with Gasteiger partial charge in [-0.3, -0.25) is 0 Å². The molecule has 0 radical (unpaired) electrons. The third-order valence-corrected chi connectivity index (χ3v) is 4.10. The lowest BCUT2D eigenvalue weighted by Gasteiger charge is -2.11. The highest BCUT2D eigenvalue weighted by atomic mass is 28.3. The summed E-state index contributed by atoms with van der Waals surface area (Å²) >= 11 is 0. The second kappa shape index (κ2) is 3.65. The molecular formula is C11H18O2Si. The smallest absolute Gasteiger partial charge is 0.123 e. The maximum absolute atomic E-state index is 9.26. The van der Waals surface area contributed by atoms with Crippen LogP contribution < -0.4 is 5.38 Å². The van der Waals surface area contributed by atoms with Gasteiger partial charge in [0.1, 0.15) is 8.07 Å². The van der Waals surface area contributed by atoms with Gasteiger partial charge < -0.3 is 9.52 Å². The normalized spacial score (nSPS) is 14.0. The molecule has 0 aliphatic carbocycles. The zero-order valence-electron chi connectivity index (χ0n) is 9.29. The predicted molar refractivity (Wildman–Crippen MR) is 61.9 cm³/mol. The average molecular weight is 210 g/mol. The van der Waals surface area contributed by atoms with E-state index in [0.29, 0.717) is 0 Å². The fraction of sp³-hybridized carbons (Fsp3) is 0.455. The first kappa shape index (κ1) is 11.1. The predicted octanol–water partition coefficient (Wildman–Crippen LogP) is 3.00. The van der Waals surface area contributed by atoms with Gasteiger partial charge in [0, 0.05) is 11.5 Å². The lowest BCUT2D eigenvalue weighted by molar-refractivity contribution is 0.377. The number of hydrogen-bond donors (Lipinski definition) is 1. The van der Waals surface area contributed by atoms with Crippen LogP contribution in [0.5, 0.6) is 0 Å². The van der Waals surface area contributed by atoms with Gasteiger partial charge >= 0.3 is 0 Å². The van der Waals surface area contributed by atoms with Crippen LogP contribution in [-0.2, 0) is 0 Å². The van der Waals surface area contributed by atoms with E-state index in [2.05, 4.69) is 26.2 Å². The molecule has 1 atom stereocenters. The van der Waals surface area contributed by atoms with Crippen LogP contribution in [0, 0.1) is 0 Å². The minimum atomic E-state index is -1.37. The van der Waals surface area contributed by atoms with Crippen LogP contribution in [0.25, 0.3) is 0 Å². The Morgan fingerprint density at radius 1 is 1.50 bits per heavy atom. The molecule has 1 N–H and O–H groups in total. The number of aliphatic hydroxyl groups excluding tert-OH is 1. The van der Waals surface area contributed by atoms with Crippen molar-refractivity contribution in [2.45, 2.75) is 32.5 Å². The van der Waals surface area contributed by atoms with Gasteiger partial charge in [-0.25, -0.2) is 0 Å². The molecule has 78 valence electrons. The van der Waals surface area contributed by atoms with Gasteiger partial charge in [0.05, 0.1) is 17.4 Å². The van der Waals surface area contributed by atoms with Crippen LogP contribution in [0.4, 0.5) is 0 Å². The van der Waals surface area contributed by atoms with Crippen LogP contribution in [-0.4, -0.2) is 13.2 Å². The van der Waals surface area contributed by atoms with Gasteiger partial charge in [-0.1, -0.05) is 33.1 Å². The molecular weight excluding hydrogens is 192 g/mol. The van der Waals surface area contributed by atoms with Crippen molar-refractivity contribution in [3.63, 3.8) is 0 Å². The highest BCUT2D eigenvalue weighted by Crippen LogP contribution is 2.21. The molecule has 1 unspecified atom stereocenters. The first-order chi connectivity index (χ1) is 6.32. The molecule has 0 fully saturated rings. The van der Waals surface area contributed by atoms with Crippen molar-refractivity contribution in [2.24, 2.45) is 0 Å².